The van der Waals surface area contributed by atoms with E-state index < -0.39 is 0 Å². The highest BCUT2D eigenvalue weighted by molar-refractivity contribution is 6.30. The van der Waals surface area contributed by atoms with Crippen LogP contribution in [-0.2, 0) is 4.79 Å². The van der Waals surface area contributed by atoms with E-state index in [1.165, 1.54) is 0 Å². The number of carbonyl (C=O) groups excluding carboxylic acids is 1. The lowest BCUT2D eigenvalue weighted by Gasteiger charge is -1.92. The summed E-state index contributed by atoms with van der Waals surface area (Å²) in [6, 6.07) is 7.44. The van der Waals surface area contributed by atoms with Gasteiger partial charge in [0.1, 0.15) is 0 Å². The third-order valence-electron chi connectivity index (χ3n) is 1.36. The Balaban J connectivity index is 2.69. The predicted octanol–water partition coefficient (Wildman–Crippen LogP) is 2.85. The van der Waals surface area contributed by atoms with Crippen molar-refractivity contribution in [3.05, 3.63) is 40.9 Å². The Morgan fingerprint density at radius 1 is 1.50 bits per heavy atom. The summed E-state index contributed by atoms with van der Waals surface area (Å²) in [4.78, 5) is 9.86. The van der Waals surface area contributed by atoms with Crippen LogP contribution in [0.25, 0.3) is 6.08 Å². The van der Waals surface area contributed by atoms with E-state index in [4.69, 9.17) is 11.6 Å². The van der Waals surface area contributed by atoms with Crippen LogP contribution in [0.5, 0.6) is 0 Å². The zero-order valence-electron chi connectivity index (χ0n) is 6.46. The second-order valence-electron chi connectivity index (χ2n) is 2.31. The number of hydrogen-bond donors (Lipinski definition) is 0. The van der Waals surface area contributed by atoms with Gasteiger partial charge in [-0.25, -0.2) is 0 Å². The standard InChI is InChI=1S/C10H8ClO/c11-10-6-3-5-9(8-10)4-1-2-7-12/h1,3-6,8H,2H2/b4-1+. The van der Waals surface area contributed by atoms with Crippen LogP contribution in [0.2, 0.25) is 5.02 Å². The first-order valence-electron chi connectivity index (χ1n) is 3.60. The van der Waals surface area contributed by atoms with E-state index >= 15 is 0 Å². The molecule has 1 aromatic carbocycles. The Morgan fingerprint density at radius 3 is 3.00 bits per heavy atom. The number of allylic oxidation sites excluding steroid dienone is 1. The van der Waals surface area contributed by atoms with Crippen LogP contribution >= 0.6 is 11.6 Å². The molecule has 0 aliphatic carbocycles. The Kier molecular flexibility index (Phi) is 3.55. The molecule has 12 heavy (non-hydrogen) atoms. The molecule has 0 unspecified atom stereocenters. The van der Waals surface area contributed by atoms with Crippen molar-refractivity contribution < 1.29 is 4.79 Å². The Bertz CT molecular complexity index is 292. The zero-order chi connectivity index (χ0) is 8.81. The fourth-order valence-electron chi connectivity index (χ4n) is 0.853. The molecular weight excluding hydrogens is 172 g/mol. The Labute approximate surface area is 76.7 Å². The van der Waals surface area contributed by atoms with E-state index in [2.05, 4.69) is 0 Å². The number of rotatable bonds is 3. The maximum atomic E-state index is 9.86. The fraction of sp³-hybridized carbons (Fsp3) is 0.100. The van der Waals surface area contributed by atoms with Gasteiger partial charge in [0.05, 0.1) is 0 Å². The van der Waals surface area contributed by atoms with Gasteiger partial charge in [-0.15, -0.1) is 0 Å². The van der Waals surface area contributed by atoms with E-state index in [-0.39, 0.29) is 0 Å². The first kappa shape index (κ1) is 9.01. The van der Waals surface area contributed by atoms with Crippen LogP contribution in [-0.4, -0.2) is 6.29 Å². The summed E-state index contributed by atoms with van der Waals surface area (Å²) in [6.07, 6.45) is 5.70. The molecule has 1 nitrogen and oxygen atoms in total. The summed E-state index contributed by atoms with van der Waals surface area (Å²) >= 11 is 5.75. The lowest BCUT2D eigenvalue weighted by Crippen LogP contribution is -1.71. The summed E-state index contributed by atoms with van der Waals surface area (Å²) in [5.74, 6) is 0. The highest BCUT2D eigenvalue weighted by Crippen LogP contribution is 2.11. The molecule has 61 valence electrons. The van der Waals surface area contributed by atoms with Gasteiger partial charge >= 0.3 is 0 Å². The average molecular weight is 180 g/mol. The minimum Gasteiger partial charge on any atom is -0.291 e. The molecule has 0 saturated heterocycles. The third kappa shape index (κ3) is 2.89. The van der Waals surface area contributed by atoms with Crippen molar-refractivity contribution in [3.8, 4) is 0 Å². The van der Waals surface area contributed by atoms with Gasteiger partial charge < -0.3 is 0 Å². The molecule has 0 bridgehead atoms. The van der Waals surface area contributed by atoms with E-state index in [1.807, 2.05) is 30.3 Å². The topological polar surface area (TPSA) is 17.1 Å². The molecule has 0 fully saturated rings. The van der Waals surface area contributed by atoms with Crippen molar-refractivity contribution in [2.24, 2.45) is 0 Å². The maximum absolute atomic E-state index is 9.86. The largest absolute Gasteiger partial charge is 0.291 e. The molecule has 0 atom stereocenters. The van der Waals surface area contributed by atoms with Gasteiger partial charge in [-0.2, -0.15) is 0 Å². The molecule has 0 aliphatic heterocycles. The van der Waals surface area contributed by atoms with Crippen molar-refractivity contribution >= 4 is 24.0 Å². The highest BCUT2D eigenvalue weighted by atomic mass is 35.5. The number of benzene rings is 1. The van der Waals surface area contributed by atoms with Crippen LogP contribution in [0.15, 0.2) is 30.3 Å². The predicted molar refractivity (Wildman–Crippen MR) is 50.8 cm³/mol. The summed E-state index contributed by atoms with van der Waals surface area (Å²) < 4.78 is 0. The maximum Gasteiger partial charge on any atom is 0.202 e. The SMILES string of the molecule is O=[C]C/C=C/c1cccc(Cl)c1. The van der Waals surface area contributed by atoms with Gasteiger partial charge in [0.15, 0.2) is 0 Å². The van der Waals surface area contributed by atoms with Gasteiger partial charge in [-0.1, -0.05) is 35.9 Å². The van der Waals surface area contributed by atoms with E-state index in [0.717, 1.165) is 5.56 Å². The monoisotopic (exact) mass is 179 g/mol. The van der Waals surface area contributed by atoms with Crippen LogP contribution in [0.1, 0.15) is 12.0 Å². The van der Waals surface area contributed by atoms with Gasteiger partial charge in [-0.05, 0) is 17.7 Å². The molecule has 0 aromatic heterocycles. The van der Waals surface area contributed by atoms with Crippen molar-refractivity contribution in [2.75, 3.05) is 0 Å². The van der Waals surface area contributed by atoms with Crippen LogP contribution in [0, 0.1) is 0 Å². The van der Waals surface area contributed by atoms with Crippen LogP contribution in [0.3, 0.4) is 0 Å². The second kappa shape index (κ2) is 4.73. The van der Waals surface area contributed by atoms with E-state index in [1.54, 1.807) is 12.4 Å². The van der Waals surface area contributed by atoms with Gasteiger partial charge in [0.2, 0.25) is 6.29 Å². The minimum atomic E-state index is 0.326. The van der Waals surface area contributed by atoms with Crippen molar-refractivity contribution in [1.29, 1.82) is 0 Å². The first-order chi connectivity index (χ1) is 5.83. The number of halogens is 1. The Hall–Kier alpha value is -1.08. The fourth-order valence-corrected chi connectivity index (χ4v) is 1.05. The van der Waals surface area contributed by atoms with Crippen molar-refractivity contribution in [1.82, 2.24) is 0 Å². The molecule has 1 radical (unpaired) electrons. The molecule has 0 heterocycles. The molecule has 1 aromatic rings. The first-order valence-corrected chi connectivity index (χ1v) is 3.98. The number of hydrogen-bond acceptors (Lipinski definition) is 1. The average Bonchev–Trinajstić information content (AvgIpc) is 2.05. The molecule has 2 heteroatoms. The lowest BCUT2D eigenvalue weighted by atomic mass is 10.2. The summed E-state index contributed by atoms with van der Waals surface area (Å²) in [6.45, 7) is 0. The van der Waals surface area contributed by atoms with Crippen molar-refractivity contribution in [2.45, 2.75) is 6.42 Å². The smallest absolute Gasteiger partial charge is 0.202 e. The second-order valence-corrected chi connectivity index (χ2v) is 2.74. The van der Waals surface area contributed by atoms with E-state index in [0.29, 0.717) is 11.4 Å². The quantitative estimate of drug-likeness (QED) is 0.698. The summed E-state index contributed by atoms with van der Waals surface area (Å²) in [5.41, 5.74) is 0.998. The molecule has 0 spiro atoms. The van der Waals surface area contributed by atoms with Gasteiger partial charge in [-0.3, -0.25) is 4.79 Å². The minimum absolute atomic E-state index is 0.326. The molecule has 0 N–H and O–H groups in total. The molecular formula is C10H8ClO. The van der Waals surface area contributed by atoms with Gasteiger partial charge in [0.25, 0.3) is 0 Å². The summed E-state index contributed by atoms with van der Waals surface area (Å²) in [7, 11) is 0. The molecule has 1 rings (SSSR count). The normalized spacial score (nSPS) is 10.4. The summed E-state index contributed by atoms with van der Waals surface area (Å²) in [5, 5.41) is 0.701. The van der Waals surface area contributed by atoms with Crippen LogP contribution in [0.4, 0.5) is 0 Å². The lowest BCUT2D eigenvalue weighted by molar-refractivity contribution is 0.556. The zero-order valence-corrected chi connectivity index (χ0v) is 7.21. The van der Waals surface area contributed by atoms with Crippen molar-refractivity contribution in [3.63, 3.8) is 0 Å². The van der Waals surface area contributed by atoms with E-state index in [9.17, 15) is 4.79 Å². The molecule has 0 aliphatic rings. The van der Waals surface area contributed by atoms with Gasteiger partial charge in [0, 0.05) is 11.4 Å². The molecule has 0 amide bonds. The van der Waals surface area contributed by atoms with Crippen LogP contribution < -0.4 is 0 Å². The Morgan fingerprint density at radius 2 is 2.33 bits per heavy atom. The molecule has 0 saturated carbocycles. The third-order valence-corrected chi connectivity index (χ3v) is 1.60. The highest BCUT2D eigenvalue weighted by Gasteiger charge is 1.87.